The van der Waals surface area contributed by atoms with Gasteiger partial charge in [-0.3, -0.25) is 4.98 Å². The molecule has 5 heteroatoms. The van der Waals surface area contributed by atoms with Gasteiger partial charge in [0, 0.05) is 30.7 Å². The molecule has 23 heavy (non-hydrogen) atoms. The fourth-order valence-corrected chi connectivity index (χ4v) is 2.67. The molecule has 0 fully saturated rings. The molecule has 3 aromatic rings. The maximum Gasteiger partial charge on any atom is 0.158 e. The minimum Gasteiger partial charge on any atom is -0.339 e. The lowest BCUT2D eigenvalue weighted by Gasteiger charge is -2.16. The lowest BCUT2D eigenvalue weighted by molar-refractivity contribution is 0.641. The van der Waals surface area contributed by atoms with Crippen LogP contribution < -0.4 is 0 Å². The van der Waals surface area contributed by atoms with Gasteiger partial charge in [-0.2, -0.15) is 0 Å². The van der Waals surface area contributed by atoms with Gasteiger partial charge in [-0.1, -0.05) is 19.4 Å². The highest BCUT2D eigenvalue weighted by atomic mass is 15.1. The number of nitrogens with zero attached hydrogens (tertiary/aromatic N) is 4. The molecule has 0 aliphatic rings. The SMILES string of the molecule is CCCCc1ncc(-c2nccn2C(C)c2ccc(C)nc2)[nH]1. The van der Waals surface area contributed by atoms with E-state index in [2.05, 4.69) is 44.4 Å². The van der Waals surface area contributed by atoms with E-state index in [0.717, 1.165) is 35.9 Å². The van der Waals surface area contributed by atoms with Crippen LogP contribution in [0.2, 0.25) is 0 Å². The number of aromatic nitrogens is 5. The maximum atomic E-state index is 4.52. The first-order valence-electron chi connectivity index (χ1n) is 8.18. The molecule has 5 nitrogen and oxygen atoms in total. The van der Waals surface area contributed by atoms with Crippen molar-refractivity contribution >= 4 is 0 Å². The summed E-state index contributed by atoms with van der Waals surface area (Å²) in [6.45, 7) is 6.35. The van der Waals surface area contributed by atoms with E-state index in [0.29, 0.717) is 0 Å². The molecular weight excluding hydrogens is 286 g/mol. The predicted octanol–water partition coefficient (Wildman–Crippen LogP) is 3.93. The fraction of sp³-hybridized carbons (Fsp3) is 0.389. The van der Waals surface area contributed by atoms with Gasteiger partial charge in [0.05, 0.1) is 12.2 Å². The number of pyridine rings is 1. The highest BCUT2D eigenvalue weighted by Crippen LogP contribution is 2.24. The Labute approximate surface area is 136 Å². The van der Waals surface area contributed by atoms with Crippen LogP contribution in [0.25, 0.3) is 11.5 Å². The summed E-state index contributed by atoms with van der Waals surface area (Å²) < 4.78 is 2.16. The Hall–Kier alpha value is -2.43. The van der Waals surface area contributed by atoms with Crippen molar-refractivity contribution in [3.63, 3.8) is 0 Å². The molecule has 0 aliphatic heterocycles. The standard InChI is InChI=1S/C18H23N5/c1-4-5-6-17-21-12-16(22-17)18-19-9-10-23(18)14(3)15-8-7-13(2)20-11-15/h7-12,14H,4-6H2,1-3H3,(H,21,22). The number of hydrogen-bond acceptors (Lipinski definition) is 3. The molecule has 120 valence electrons. The number of aromatic amines is 1. The second kappa shape index (κ2) is 6.77. The lowest BCUT2D eigenvalue weighted by atomic mass is 10.1. The van der Waals surface area contributed by atoms with E-state index >= 15 is 0 Å². The number of H-pyrrole nitrogens is 1. The van der Waals surface area contributed by atoms with E-state index in [4.69, 9.17) is 0 Å². The monoisotopic (exact) mass is 309 g/mol. The summed E-state index contributed by atoms with van der Waals surface area (Å²) in [6.07, 6.45) is 10.9. The molecule has 0 bridgehead atoms. The number of nitrogens with one attached hydrogen (secondary N) is 1. The van der Waals surface area contributed by atoms with E-state index < -0.39 is 0 Å². The molecule has 0 saturated heterocycles. The Balaban J connectivity index is 1.87. The maximum absolute atomic E-state index is 4.52. The van der Waals surface area contributed by atoms with Gasteiger partial charge >= 0.3 is 0 Å². The average molecular weight is 309 g/mol. The molecule has 0 amide bonds. The molecule has 3 aromatic heterocycles. The minimum atomic E-state index is 0.169. The third kappa shape index (κ3) is 3.33. The first-order valence-corrected chi connectivity index (χ1v) is 8.18. The molecule has 0 saturated carbocycles. The van der Waals surface area contributed by atoms with Gasteiger partial charge in [0.1, 0.15) is 11.5 Å². The Morgan fingerprint density at radius 1 is 1.17 bits per heavy atom. The number of unbranched alkanes of at least 4 members (excludes halogenated alkanes) is 1. The highest BCUT2D eigenvalue weighted by Gasteiger charge is 2.15. The Morgan fingerprint density at radius 2 is 2.04 bits per heavy atom. The molecule has 1 atom stereocenters. The van der Waals surface area contributed by atoms with Crippen LogP contribution in [-0.4, -0.2) is 24.5 Å². The van der Waals surface area contributed by atoms with E-state index in [9.17, 15) is 0 Å². The first kappa shape index (κ1) is 15.5. The molecule has 0 aromatic carbocycles. The van der Waals surface area contributed by atoms with Crippen molar-refractivity contribution in [3.8, 4) is 11.5 Å². The average Bonchev–Trinajstić information content (AvgIpc) is 3.21. The van der Waals surface area contributed by atoms with Gasteiger partial charge in [-0.05, 0) is 31.9 Å². The first-order chi connectivity index (χ1) is 11.2. The predicted molar refractivity (Wildman–Crippen MR) is 91.2 cm³/mol. The van der Waals surface area contributed by atoms with Crippen molar-refractivity contribution in [2.75, 3.05) is 0 Å². The van der Waals surface area contributed by atoms with Gasteiger partial charge in [0.2, 0.25) is 0 Å². The van der Waals surface area contributed by atoms with Gasteiger partial charge in [-0.15, -0.1) is 0 Å². The van der Waals surface area contributed by atoms with E-state index in [-0.39, 0.29) is 6.04 Å². The van der Waals surface area contributed by atoms with Crippen LogP contribution >= 0.6 is 0 Å². The van der Waals surface area contributed by atoms with E-state index in [1.165, 1.54) is 12.0 Å². The van der Waals surface area contributed by atoms with Gasteiger partial charge in [0.25, 0.3) is 0 Å². The van der Waals surface area contributed by atoms with Crippen LogP contribution in [0.5, 0.6) is 0 Å². The van der Waals surface area contributed by atoms with Gasteiger partial charge in [-0.25, -0.2) is 9.97 Å². The number of aryl methyl sites for hydroxylation is 2. The molecule has 0 aliphatic carbocycles. The zero-order valence-electron chi connectivity index (χ0n) is 14.0. The molecule has 3 rings (SSSR count). The quantitative estimate of drug-likeness (QED) is 0.750. The molecule has 1 unspecified atom stereocenters. The second-order valence-electron chi connectivity index (χ2n) is 5.91. The summed E-state index contributed by atoms with van der Waals surface area (Å²) in [5, 5.41) is 0. The summed E-state index contributed by atoms with van der Waals surface area (Å²) in [5.41, 5.74) is 3.16. The summed E-state index contributed by atoms with van der Waals surface area (Å²) in [4.78, 5) is 16.8. The summed E-state index contributed by atoms with van der Waals surface area (Å²) in [5.74, 6) is 1.94. The third-order valence-electron chi connectivity index (χ3n) is 4.14. The normalized spacial score (nSPS) is 12.5. The fourth-order valence-electron chi connectivity index (χ4n) is 2.67. The van der Waals surface area contributed by atoms with Crippen LogP contribution in [0.3, 0.4) is 0 Å². The Morgan fingerprint density at radius 3 is 2.78 bits per heavy atom. The largest absolute Gasteiger partial charge is 0.339 e. The summed E-state index contributed by atoms with van der Waals surface area (Å²) >= 11 is 0. The van der Waals surface area contributed by atoms with Crippen molar-refractivity contribution in [3.05, 3.63) is 54.0 Å². The highest BCUT2D eigenvalue weighted by molar-refractivity contribution is 5.49. The van der Waals surface area contributed by atoms with Crippen LogP contribution in [0.4, 0.5) is 0 Å². The van der Waals surface area contributed by atoms with Crippen molar-refractivity contribution in [1.29, 1.82) is 0 Å². The minimum absolute atomic E-state index is 0.169. The number of imidazole rings is 2. The van der Waals surface area contributed by atoms with Gasteiger partial charge < -0.3 is 9.55 Å². The number of hydrogen-bond donors (Lipinski definition) is 1. The molecule has 0 spiro atoms. The van der Waals surface area contributed by atoms with Crippen LogP contribution in [0, 0.1) is 6.92 Å². The van der Waals surface area contributed by atoms with Crippen molar-refractivity contribution in [1.82, 2.24) is 24.5 Å². The lowest BCUT2D eigenvalue weighted by Crippen LogP contribution is -2.08. The van der Waals surface area contributed by atoms with E-state index in [1.54, 1.807) is 0 Å². The summed E-state index contributed by atoms with van der Waals surface area (Å²) in [6, 6.07) is 4.33. The Kier molecular flexibility index (Phi) is 4.55. The van der Waals surface area contributed by atoms with Gasteiger partial charge in [0.15, 0.2) is 5.82 Å². The molecule has 0 radical (unpaired) electrons. The molecule has 3 heterocycles. The smallest absolute Gasteiger partial charge is 0.158 e. The molecular formula is C18H23N5. The zero-order valence-corrected chi connectivity index (χ0v) is 14.0. The topological polar surface area (TPSA) is 59.4 Å². The Bertz CT molecular complexity index is 754. The summed E-state index contributed by atoms with van der Waals surface area (Å²) in [7, 11) is 0. The second-order valence-corrected chi connectivity index (χ2v) is 5.91. The molecule has 1 N–H and O–H groups in total. The number of rotatable bonds is 6. The van der Waals surface area contributed by atoms with Crippen LogP contribution in [0.15, 0.2) is 36.9 Å². The van der Waals surface area contributed by atoms with Crippen LogP contribution in [-0.2, 0) is 6.42 Å². The van der Waals surface area contributed by atoms with E-state index in [1.807, 2.05) is 37.8 Å². The third-order valence-corrected chi connectivity index (χ3v) is 4.14. The van der Waals surface area contributed by atoms with Crippen LogP contribution in [0.1, 0.15) is 49.8 Å². The van der Waals surface area contributed by atoms with Crippen molar-refractivity contribution in [2.45, 2.75) is 46.1 Å². The van der Waals surface area contributed by atoms with Crippen molar-refractivity contribution in [2.24, 2.45) is 0 Å². The zero-order chi connectivity index (χ0) is 16.2. The van der Waals surface area contributed by atoms with Crippen molar-refractivity contribution < 1.29 is 0 Å².